The van der Waals surface area contributed by atoms with E-state index >= 15 is 0 Å². The van der Waals surface area contributed by atoms with Crippen LogP contribution < -0.4 is 4.72 Å². The molecular weight excluding hydrogens is 336 g/mol. The van der Waals surface area contributed by atoms with Crippen molar-refractivity contribution in [3.63, 3.8) is 0 Å². The summed E-state index contributed by atoms with van der Waals surface area (Å²) >= 11 is -1.36. The molecule has 1 amide bonds. The lowest BCUT2D eigenvalue weighted by Crippen LogP contribution is -2.34. The molecule has 1 fully saturated rings. The molecule has 2 aliphatic rings. The largest absolute Gasteiger partial charge is 0.593 e. The lowest BCUT2D eigenvalue weighted by atomic mass is 9.83. The van der Waals surface area contributed by atoms with Crippen molar-refractivity contribution in [3.8, 4) is 0 Å². The molecule has 0 saturated heterocycles. The van der Waals surface area contributed by atoms with Crippen molar-refractivity contribution in [2.45, 2.75) is 52.1 Å². The second-order valence-corrected chi connectivity index (χ2v) is 8.51. The van der Waals surface area contributed by atoms with Crippen molar-refractivity contribution in [1.29, 1.82) is 0 Å². The van der Waals surface area contributed by atoms with Gasteiger partial charge in [0.2, 0.25) is 0 Å². The molecule has 0 spiro atoms. The highest BCUT2D eigenvalue weighted by molar-refractivity contribution is 7.90. The third-order valence-corrected chi connectivity index (χ3v) is 6.32. The SMILES string of the molecule is C[C@@H](C/C=C/CC1CCC1)C[S+]([O-])NC(=O)c1cc2c([nH]1)CCOC2. The van der Waals surface area contributed by atoms with Gasteiger partial charge in [0.15, 0.2) is 0 Å². The maximum atomic E-state index is 12.2. The summed E-state index contributed by atoms with van der Waals surface area (Å²) in [6.07, 6.45) is 11.4. The van der Waals surface area contributed by atoms with E-state index in [4.69, 9.17) is 4.74 Å². The van der Waals surface area contributed by atoms with Gasteiger partial charge < -0.3 is 14.3 Å². The van der Waals surface area contributed by atoms with Crippen LogP contribution in [-0.4, -0.2) is 27.8 Å². The van der Waals surface area contributed by atoms with E-state index in [2.05, 4.69) is 28.8 Å². The number of allylic oxidation sites excluding steroid dienone is 2. The number of aromatic nitrogens is 1. The predicted molar refractivity (Wildman–Crippen MR) is 99.5 cm³/mol. The molecule has 1 aliphatic carbocycles. The molecule has 0 aromatic carbocycles. The van der Waals surface area contributed by atoms with E-state index in [0.717, 1.165) is 30.0 Å². The van der Waals surface area contributed by atoms with Crippen LogP contribution in [0.15, 0.2) is 18.2 Å². The van der Waals surface area contributed by atoms with Gasteiger partial charge in [-0.1, -0.05) is 38.3 Å². The summed E-state index contributed by atoms with van der Waals surface area (Å²) in [7, 11) is 0. The van der Waals surface area contributed by atoms with Crippen molar-refractivity contribution in [2.75, 3.05) is 12.4 Å². The van der Waals surface area contributed by atoms with Crippen LogP contribution in [0.2, 0.25) is 0 Å². The fourth-order valence-corrected chi connectivity index (χ4v) is 4.30. The number of carbonyl (C=O) groups excluding carboxylic acids is 1. The summed E-state index contributed by atoms with van der Waals surface area (Å²) in [5, 5.41) is 0. The zero-order chi connectivity index (χ0) is 17.6. The normalized spacial score (nSPS) is 20.1. The molecule has 3 rings (SSSR count). The van der Waals surface area contributed by atoms with E-state index < -0.39 is 11.4 Å². The molecule has 2 heterocycles. The quantitative estimate of drug-likeness (QED) is 0.549. The molecular formula is C19H28N2O3S. The third-order valence-electron chi connectivity index (χ3n) is 5.03. The van der Waals surface area contributed by atoms with Gasteiger partial charge in [0, 0.05) is 18.0 Å². The maximum absolute atomic E-state index is 12.2. The number of rotatable bonds is 8. The van der Waals surface area contributed by atoms with Gasteiger partial charge >= 0.3 is 5.91 Å². The Morgan fingerprint density at radius 3 is 3.08 bits per heavy atom. The first-order valence-electron chi connectivity index (χ1n) is 9.24. The Hall–Kier alpha value is -1.24. The molecule has 1 saturated carbocycles. The van der Waals surface area contributed by atoms with E-state index in [9.17, 15) is 9.35 Å². The number of aromatic amines is 1. The van der Waals surface area contributed by atoms with Crippen LogP contribution in [0.3, 0.4) is 0 Å². The Kier molecular flexibility index (Phi) is 6.62. The number of nitrogens with one attached hydrogen (secondary N) is 2. The van der Waals surface area contributed by atoms with Crippen LogP contribution in [0.25, 0.3) is 0 Å². The highest BCUT2D eigenvalue weighted by Gasteiger charge is 2.21. The molecule has 1 aromatic rings. The van der Waals surface area contributed by atoms with Crippen LogP contribution >= 0.6 is 0 Å². The van der Waals surface area contributed by atoms with Gasteiger partial charge in [0.05, 0.1) is 24.6 Å². The van der Waals surface area contributed by atoms with Gasteiger partial charge in [-0.05, 0) is 30.4 Å². The Morgan fingerprint density at radius 1 is 1.52 bits per heavy atom. The summed E-state index contributed by atoms with van der Waals surface area (Å²) in [4.78, 5) is 15.4. The first kappa shape index (κ1) is 18.5. The second kappa shape index (κ2) is 8.92. The summed E-state index contributed by atoms with van der Waals surface area (Å²) in [6.45, 7) is 3.28. The molecule has 2 atom stereocenters. The first-order valence-corrected chi connectivity index (χ1v) is 10.6. The van der Waals surface area contributed by atoms with Gasteiger partial charge in [0.25, 0.3) is 0 Å². The number of ether oxygens (including phenoxy) is 1. The number of amides is 1. The lowest BCUT2D eigenvalue weighted by molar-refractivity contribution is 0.0976. The third kappa shape index (κ3) is 5.36. The van der Waals surface area contributed by atoms with E-state index in [1.54, 1.807) is 6.07 Å². The maximum Gasteiger partial charge on any atom is 0.308 e. The molecule has 6 heteroatoms. The molecule has 0 radical (unpaired) electrons. The minimum atomic E-state index is -1.36. The van der Waals surface area contributed by atoms with Crippen molar-refractivity contribution in [2.24, 2.45) is 11.8 Å². The number of H-pyrrole nitrogens is 1. The van der Waals surface area contributed by atoms with E-state index in [1.807, 2.05) is 0 Å². The van der Waals surface area contributed by atoms with E-state index in [0.29, 0.717) is 24.7 Å². The summed E-state index contributed by atoms with van der Waals surface area (Å²) in [5.41, 5.74) is 2.54. The predicted octanol–water partition coefficient (Wildman–Crippen LogP) is 3.25. The second-order valence-electron chi connectivity index (χ2n) is 7.28. The molecule has 5 nitrogen and oxygen atoms in total. The van der Waals surface area contributed by atoms with Gasteiger partial charge in [-0.3, -0.25) is 4.79 Å². The minimum Gasteiger partial charge on any atom is -0.593 e. The highest BCUT2D eigenvalue weighted by atomic mass is 32.2. The van der Waals surface area contributed by atoms with Gasteiger partial charge in [-0.25, -0.2) is 0 Å². The number of carbonyl (C=O) groups is 1. The van der Waals surface area contributed by atoms with Crippen LogP contribution in [-0.2, 0) is 29.1 Å². The standard InChI is InChI=1S/C19H28N2O3S/c1-14(5-2-3-6-15-7-4-8-15)13-25(23)21-19(22)18-11-16-12-24-10-9-17(16)20-18/h2-3,11,14-15,20H,4-10,12-13H2,1H3,(H,21,22)/b3-2+/t14-,25?/m0/s1. The minimum absolute atomic E-state index is 0.282. The molecule has 1 aliphatic heterocycles. The molecule has 1 unspecified atom stereocenters. The van der Waals surface area contributed by atoms with Crippen LogP contribution in [0.5, 0.6) is 0 Å². The van der Waals surface area contributed by atoms with Gasteiger partial charge in [-0.2, -0.15) is 4.72 Å². The van der Waals surface area contributed by atoms with Crippen molar-refractivity contribution in [3.05, 3.63) is 35.2 Å². The molecule has 2 N–H and O–H groups in total. The summed E-state index contributed by atoms with van der Waals surface area (Å²) in [6, 6.07) is 1.80. The molecule has 138 valence electrons. The van der Waals surface area contributed by atoms with Crippen LogP contribution in [0.1, 0.15) is 60.8 Å². The molecule has 1 aromatic heterocycles. The van der Waals surface area contributed by atoms with Crippen molar-refractivity contribution < 1.29 is 14.1 Å². The summed E-state index contributed by atoms with van der Waals surface area (Å²) in [5.74, 6) is 1.34. The molecule has 0 bridgehead atoms. The Balaban J connectivity index is 1.39. The topological polar surface area (TPSA) is 77.2 Å². The number of fused-ring (bicyclic) bond motifs is 1. The van der Waals surface area contributed by atoms with Crippen LogP contribution in [0, 0.1) is 11.8 Å². The first-order chi connectivity index (χ1) is 12.1. The number of hydrogen-bond donors (Lipinski definition) is 2. The monoisotopic (exact) mass is 364 g/mol. The molecule has 25 heavy (non-hydrogen) atoms. The zero-order valence-corrected chi connectivity index (χ0v) is 15.7. The van der Waals surface area contributed by atoms with Gasteiger partial charge in [-0.15, -0.1) is 0 Å². The van der Waals surface area contributed by atoms with Crippen LogP contribution in [0.4, 0.5) is 0 Å². The van der Waals surface area contributed by atoms with E-state index in [-0.39, 0.29) is 11.8 Å². The van der Waals surface area contributed by atoms with Gasteiger partial charge in [0.1, 0.15) is 11.4 Å². The zero-order valence-electron chi connectivity index (χ0n) is 14.9. The average Bonchev–Trinajstić information content (AvgIpc) is 2.97. The average molecular weight is 365 g/mol. The van der Waals surface area contributed by atoms with Crippen molar-refractivity contribution in [1.82, 2.24) is 9.71 Å². The Bertz CT molecular complexity index is 586. The lowest BCUT2D eigenvalue weighted by Gasteiger charge is -2.23. The Labute approximate surface area is 152 Å². The summed E-state index contributed by atoms with van der Waals surface area (Å²) < 4.78 is 20.2. The highest BCUT2D eigenvalue weighted by Crippen LogP contribution is 2.29. The fourth-order valence-electron chi connectivity index (χ4n) is 3.24. The smallest absolute Gasteiger partial charge is 0.308 e. The fraction of sp³-hybridized carbons (Fsp3) is 0.632. The van der Waals surface area contributed by atoms with E-state index in [1.165, 1.54) is 25.7 Å². The Morgan fingerprint density at radius 2 is 2.36 bits per heavy atom. The van der Waals surface area contributed by atoms with Crippen molar-refractivity contribution >= 4 is 17.3 Å². The number of hydrogen-bond acceptors (Lipinski definition) is 3.